The third kappa shape index (κ3) is 7.89. The maximum absolute atomic E-state index is 7.37. The van der Waals surface area contributed by atoms with Crippen molar-refractivity contribution in [1.29, 1.82) is 0 Å². The van der Waals surface area contributed by atoms with Gasteiger partial charge in [0.05, 0.1) is 0 Å². The van der Waals surface area contributed by atoms with E-state index >= 15 is 0 Å². The van der Waals surface area contributed by atoms with Gasteiger partial charge in [-0.3, -0.25) is 0 Å². The molecule has 4 heterocycles. The van der Waals surface area contributed by atoms with Gasteiger partial charge in [0, 0.05) is 89.1 Å². The van der Waals surface area contributed by atoms with Gasteiger partial charge in [0.25, 0.3) is 0 Å². The van der Waals surface area contributed by atoms with Crippen LogP contribution in [0.3, 0.4) is 0 Å². The Morgan fingerprint density at radius 3 is 1.25 bits per heavy atom. The first-order valence-electron chi connectivity index (χ1n) is 36.9. The van der Waals surface area contributed by atoms with E-state index in [9.17, 15) is 0 Å². The van der Waals surface area contributed by atoms with Gasteiger partial charge < -0.3 is 8.83 Å². The molecule has 0 aliphatic heterocycles. The lowest BCUT2D eigenvalue weighted by Gasteiger charge is -2.25. The highest BCUT2D eigenvalue weighted by Gasteiger charge is 2.40. The average molecular weight is 1380 g/mol. The maximum Gasteiger partial charge on any atom is 0.143 e. The lowest BCUT2D eigenvalue weighted by atomic mass is 9.78. The quantitative estimate of drug-likeness (QED) is 0.161. The normalized spacial score (nSPS) is 13.8. The van der Waals surface area contributed by atoms with Crippen molar-refractivity contribution in [2.75, 3.05) is 0 Å². The first kappa shape index (κ1) is 59.0. The fourth-order valence-corrected chi connectivity index (χ4v) is 22.2. The van der Waals surface area contributed by atoms with Crippen molar-refractivity contribution in [2.24, 2.45) is 0 Å². The maximum atomic E-state index is 7.37. The van der Waals surface area contributed by atoms with Crippen molar-refractivity contribution >= 4 is 172 Å². The Morgan fingerprint density at radius 1 is 0.236 bits per heavy atom. The number of benzene rings is 18. The van der Waals surface area contributed by atoms with E-state index in [1.54, 1.807) is 0 Å². The van der Waals surface area contributed by atoms with Crippen LogP contribution in [-0.4, -0.2) is 0 Å². The molecule has 22 aromatic rings. The summed E-state index contributed by atoms with van der Waals surface area (Å²) in [4.78, 5) is 0. The minimum absolute atomic E-state index is 0.0756. The molecule has 0 N–H and O–H groups in total. The van der Waals surface area contributed by atoms with Crippen molar-refractivity contribution in [3.63, 3.8) is 0 Å². The molecule has 106 heavy (non-hydrogen) atoms. The zero-order valence-electron chi connectivity index (χ0n) is 58.5. The van der Waals surface area contributed by atoms with Gasteiger partial charge >= 0.3 is 0 Å². The van der Waals surface area contributed by atoms with Crippen LogP contribution in [0.15, 0.2) is 312 Å². The molecule has 4 heteroatoms. The summed E-state index contributed by atoms with van der Waals surface area (Å²) >= 11 is 3.76. The summed E-state index contributed by atoms with van der Waals surface area (Å²) in [5, 5.41) is 24.2. The number of hydrogen-bond acceptors (Lipinski definition) is 4. The molecule has 0 unspecified atom stereocenters. The summed E-state index contributed by atoms with van der Waals surface area (Å²) in [5.74, 6) is 0. The summed E-state index contributed by atoms with van der Waals surface area (Å²) in [6.07, 6.45) is 0. The summed E-state index contributed by atoms with van der Waals surface area (Å²) in [7, 11) is 0. The van der Waals surface area contributed by atoms with Crippen LogP contribution in [-0.2, 0) is 10.8 Å². The van der Waals surface area contributed by atoms with Crippen LogP contribution in [0.2, 0.25) is 0 Å². The molecule has 2 nitrogen and oxygen atoms in total. The third-order valence-corrected chi connectivity index (χ3v) is 26.9. The molecule has 0 amide bonds. The first-order chi connectivity index (χ1) is 52.1. The second-order valence-electron chi connectivity index (χ2n) is 30.7. The summed E-state index contributed by atoms with van der Waals surface area (Å²) in [6.45, 7) is 9.63. The Kier molecular flexibility index (Phi) is 11.8. The minimum Gasteiger partial charge on any atom is -0.455 e. The van der Waals surface area contributed by atoms with E-state index in [1.807, 2.05) is 22.7 Å². The van der Waals surface area contributed by atoms with E-state index in [4.69, 9.17) is 8.83 Å². The monoisotopic (exact) mass is 1380 g/mol. The molecule has 0 spiro atoms. The SMILES string of the molecule is CC1(C)c2ccccc2-c2cc(-c3c4ccccc4c(-c4ccc5sc6c(-c7cccc8c7C(C)(C)c7ccc(-c9c%10ccccc%10c(-c%10ccc%11sc%12cc%13oc%14c%15ccccc%15ccc%14c%13cc%12c%11c%10)c%10ccccc9%10)cc7-8)cc7oc8c9ccccc9ccc8c7c6c5c4)c4ccccc34)ccc21. The molecule has 0 bridgehead atoms. The van der Waals surface area contributed by atoms with Crippen molar-refractivity contribution in [3.05, 3.63) is 326 Å². The summed E-state index contributed by atoms with van der Waals surface area (Å²) in [6, 6.07) is 115. The van der Waals surface area contributed by atoms with E-state index in [0.717, 1.165) is 49.3 Å². The second-order valence-corrected chi connectivity index (χ2v) is 32.9. The molecule has 2 aliphatic rings. The molecule has 24 rings (SSSR count). The number of fused-ring (bicyclic) bond motifs is 27. The van der Waals surface area contributed by atoms with Crippen molar-refractivity contribution in [1.82, 2.24) is 0 Å². The largest absolute Gasteiger partial charge is 0.455 e. The molecule has 0 atom stereocenters. The number of hydrogen-bond donors (Lipinski definition) is 0. The number of rotatable bonds is 5. The molecular weight excluding hydrogens is 1320 g/mol. The van der Waals surface area contributed by atoms with Crippen LogP contribution in [0.1, 0.15) is 49.9 Å². The van der Waals surface area contributed by atoms with Crippen LogP contribution < -0.4 is 0 Å². The molecule has 4 aromatic heterocycles. The molecule has 494 valence electrons. The van der Waals surface area contributed by atoms with E-state index in [-0.39, 0.29) is 10.8 Å². The van der Waals surface area contributed by atoms with E-state index < -0.39 is 0 Å². The van der Waals surface area contributed by atoms with Crippen LogP contribution in [0.4, 0.5) is 0 Å². The van der Waals surface area contributed by atoms with Crippen molar-refractivity contribution in [3.8, 4) is 77.9 Å². The van der Waals surface area contributed by atoms with Gasteiger partial charge in [0.2, 0.25) is 0 Å². The minimum atomic E-state index is -0.354. The topological polar surface area (TPSA) is 26.3 Å². The fourth-order valence-electron chi connectivity index (χ4n) is 19.9. The van der Waals surface area contributed by atoms with Crippen molar-refractivity contribution < 1.29 is 8.83 Å². The van der Waals surface area contributed by atoms with E-state index in [2.05, 4.69) is 331 Å². The Balaban J connectivity index is 0.677. The Bertz CT molecular complexity index is 7660. The zero-order chi connectivity index (χ0) is 69.7. The average Bonchev–Trinajstić information content (AvgIpc) is 1.48. The zero-order valence-corrected chi connectivity index (χ0v) is 60.1. The van der Waals surface area contributed by atoms with Gasteiger partial charge in [0.15, 0.2) is 0 Å². The van der Waals surface area contributed by atoms with Gasteiger partial charge in [0.1, 0.15) is 22.3 Å². The second kappa shape index (κ2) is 21.1. The molecular formula is C102H62O2S2. The van der Waals surface area contributed by atoms with Gasteiger partial charge in [-0.25, -0.2) is 0 Å². The van der Waals surface area contributed by atoms with Gasteiger partial charge in [-0.05, 0) is 215 Å². The molecule has 18 aromatic carbocycles. The molecule has 0 saturated heterocycles. The van der Waals surface area contributed by atoms with Gasteiger partial charge in [-0.2, -0.15) is 0 Å². The van der Waals surface area contributed by atoms with E-state index in [0.29, 0.717) is 0 Å². The van der Waals surface area contributed by atoms with Crippen LogP contribution in [0.25, 0.3) is 227 Å². The van der Waals surface area contributed by atoms with E-state index in [1.165, 1.54) is 200 Å². The number of furan rings is 2. The third-order valence-electron chi connectivity index (χ3n) is 24.6. The Labute approximate surface area is 617 Å². The number of thiophene rings is 2. The Morgan fingerprint density at radius 2 is 0.660 bits per heavy atom. The summed E-state index contributed by atoms with van der Waals surface area (Å²) in [5.41, 5.74) is 26.3. The molecule has 0 saturated carbocycles. The predicted octanol–water partition coefficient (Wildman–Crippen LogP) is 30.1. The molecule has 0 radical (unpaired) electrons. The lowest BCUT2D eigenvalue weighted by molar-refractivity contribution is 0.660. The van der Waals surface area contributed by atoms with Crippen LogP contribution in [0, 0.1) is 0 Å². The molecule has 0 fully saturated rings. The summed E-state index contributed by atoms with van der Waals surface area (Å²) < 4.78 is 19.1. The lowest BCUT2D eigenvalue weighted by Crippen LogP contribution is -2.16. The van der Waals surface area contributed by atoms with Crippen LogP contribution in [0.5, 0.6) is 0 Å². The standard InChI is InChI=1S/C102H62O2S2/c1-101(2)83-35-18-17-24-63(83)76-48-57(38-44-84(76)101)91-66-27-11-15-31-70(66)94(71-32-16-12-28-67(71)91)60-41-47-89-82(51-60)96-95-75-43-37-56-21-6-8-23-62(56)99(75)104-87(95)53-81(100(96)106-89)73-34-19-33-72-77-49-58(39-45-85(77)102(3,4)97(72)73)92-64-25-9-13-29-68(64)93(69-30-14-10-26-65(69)92)59-40-46-88-79(50-59)80-52-78-74-42-36-55-20-5-7-22-61(55)98(74)103-86(78)54-90(80)105-88/h5-54H,1-4H3. The predicted molar refractivity (Wildman–Crippen MR) is 454 cm³/mol. The molecule has 2 aliphatic carbocycles. The van der Waals surface area contributed by atoms with Gasteiger partial charge in [-0.1, -0.05) is 264 Å². The first-order valence-corrected chi connectivity index (χ1v) is 38.6. The van der Waals surface area contributed by atoms with Crippen molar-refractivity contribution in [2.45, 2.75) is 38.5 Å². The highest BCUT2D eigenvalue weighted by molar-refractivity contribution is 7.26. The smallest absolute Gasteiger partial charge is 0.143 e. The fraction of sp³-hybridized carbons (Fsp3) is 0.0588. The van der Waals surface area contributed by atoms with Gasteiger partial charge in [-0.15, -0.1) is 22.7 Å². The highest BCUT2D eigenvalue weighted by atomic mass is 32.1. The Hall–Kier alpha value is -12.4. The van der Waals surface area contributed by atoms with Crippen LogP contribution >= 0.6 is 22.7 Å². The highest BCUT2D eigenvalue weighted by Crippen LogP contribution is 2.59.